The van der Waals surface area contributed by atoms with Crippen LogP contribution in [0, 0.1) is 0 Å². The summed E-state index contributed by atoms with van der Waals surface area (Å²) < 4.78 is 6.00. The maximum atomic E-state index is 10.6. The van der Waals surface area contributed by atoms with Crippen LogP contribution in [0.3, 0.4) is 0 Å². The van der Waals surface area contributed by atoms with Gasteiger partial charge in [-0.1, -0.05) is 26.2 Å². The molecule has 0 saturated carbocycles. The first-order valence-corrected chi connectivity index (χ1v) is 15.9. The highest BCUT2D eigenvalue weighted by Crippen LogP contribution is 2.42. The third kappa shape index (κ3) is 1.80. The smallest absolute Gasteiger partial charge is 0.307 e. The minimum absolute atomic E-state index is 0.0893. The summed E-state index contributed by atoms with van der Waals surface area (Å²) in [6.07, 6.45) is 0. The highest BCUT2D eigenvalue weighted by molar-refractivity contribution is 7.66. The fourth-order valence-electron chi connectivity index (χ4n) is 2.61. The summed E-state index contributed by atoms with van der Waals surface area (Å²) in [7, 11) is -5.18. The minimum Gasteiger partial charge on any atom is -0.413 e. The van der Waals surface area contributed by atoms with Gasteiger partial charge in [-0.3, -0.25) is 0 Å². The van der Waals surface area contributed by atoms with E-state index in [1.807, 2.05) is 6.55 Å². The van der Waals surface area contributed by atoms with Gasteiger partial charge in [0.2, 0.25) is 0 Å². The summed E-state index contributed by atoms with van der Waals surface area (Å²) in [6, 6.07) is 1.20. The molecule has 0 aromatic carbocycles. The molecule has 0 aliphatic carbocycles. The second-order valence-corrected chi connectivity index (χ2v) is 31.9. The van der Waals surface area contributed by atoms with Crippen LogP contribution in [0.5, 0.6) is 0 Å². The molecule has 1 rings (SSSR count). The van der Waals surface area contributed by atoms with E-state index in [1.54, 1.807) is 0 Å². The zero-order valence-electron chi connectivity index (χ0n) is 10.6. The first-order chi connectivity index (χ1) is 5.91. The molecule has 0 aromatic heterocycles. The van der Waals surface area contributed by atoms with Gasteiger partial charge in [0.15, 0.2) is 0 Å². The van der Waals surface area contributed by atoms with E-state index in [2.05, 4.69) is 40.0 Å². The van der Waals surface area contributed by atoms with E-state index in [0.717, 1.165) is 0 Å². The summed E-state index contributed by atoms with van der Waals surface area (Å²) in [6.45, 7) is 15.8. The van der Waals surface area contributed by atoms with Gasteiger partial charge in [0, 0.05) is 7.59 Å². The Bertz CT molecular complexity index is 224. The van der Waals surface area contributed by atoms with Crippen molar-refractivity contribution in [3.05, 3.63) is 0 Å². The molecule has 1 fully saturated rings. The lowest BCUT2D eigenvalue weighted by Gasteiger charge is -2.55. The Morgan fingerprint density at radius 1 is 1.07 bits per heavy atom. The number of rotatable bonds is 0. The van der Waals surface area contributed by atoms with Crippen LogP contribution < -0.4 is 0 Å². The van der Waals surface area contributed by atoms with E-state index in [-0.39, 0.29) is 5.60 Å². The minimum atomic E-state index is -2.39. The first kappa shape index (κ1) is 12.6. The molecule has 1 heterocycles. The van der Waals surface area contributed by atoms with Crippen molar-refractivity contribution in [1.82, 2.24) is 0 Å². The molecule has 1 N–H and O–H groups in total. The SMILES string of the molecule is CC1(C)C[Si](C)(C)[Si](C)(C)[Si](C)(O)O1. The number of hydrogen-bond donors (Lipinski definition) is 1. The van der Waals surface area contributed by atoms with Gasteiger partial charge in [-0.2, -0.15) is 0 Å². The largest absolute Gasteiger partial charge is 0.413 e. The third-order valence-corrected chi connectivity index (χ3v) is 40.8. The summed E-state index contributed by atoms with van der Waals surface area (Å²) in [5.41, 5.74) is -0.0893. The van der Waals surface area contributed by atoms with Crippen molar-refractivity contribution in [2.75, 3.05) is 0 Å². The van der Waals surface area contributed by atoms with Crippen molar-refractivity contribution in [3.8, 4) is 0 Å². The molecule has 0 spiro atoms. The standard InChI is InChI=1S/C9H24O2Si3/c1-9(2)8-12(3,4)13(5,6)14(7,10)11-9/h10H,8H2,1-7H3. The van der Waals surface area contributed by atoms with Crippen LogP contribution in [0.4, 0.5) is 0 Å². The van der Waals surface area contributed by atoms with Crippen molar-refractivity contribution >= 4 is 22.8 Å². The molecule has 5 heteroatoms. The Balaban J connectivity index is 3.13. The normalized spacial score (nSPS) is 39.4. The van der Waals surface area contributed by atoms with Gasteiger partial charge in [-0.05, 0) is 26.4 Å². The van der Waals surface area contributed by atoms with Crippen molar-refractivity contribution in [2.24, 2.45) is 0 Å². The third-order valence-electron chi connectivity index (χ3n) is 4.19. The Kier molecular flexibility index (Phi) is 2.74. The van der Waals surface area contributed by atoms with Crippen LogP contribution in [0.2, 0.25) is 38.8 Å². The molecule has 1 atom stereocenters. The summed E-state index contributed by atoms with van der Waals surface area (Å²) in [5, 5.41) is 0. The van der Waals surface area contributed by atoms with E-state index in [0.29, 0.717) is 0 Å². The lowest BCUT2D eigenvalue weighted by atomic mass is 10.2. The lowest BCUT2D eigenvalue weighted by Crippen LogP contribution is -2.79. The monoisotopic (exact) mass is 248 g/mol. The predicted octanol–water partition coefficient (Wildman–Crippen LogP) is 2.43. The van der Waals surface area contributed by atoms with E-state index >= 15 is 0 Å². The average Bonchev–Trinajstić information content (AvgIpc) is 1.77. The van der Waals surface area contributed by atoms with E-state index < -0.39 is 22.8 Å². The maximum absolute atomic E-state index is 10.6. The van der Waals surface area contributed by atoms with Crippen molar-refractivity contribution in [2.45, 2.75) is 58.2 Å². The molecular formula is C9H24O2Si3. The zero-order valence-corrected chi connectivity index (χ0v) is 13.6. The number of hydrogen-bond acceptors (Lipinski definition) is 2. The fourth-order valence-corrected chi connectivity index (χ4v) is 28.6. The maximum Gasteiger partial charge on any atom is 0.307 e. The fraction of sp³-hybridized carbons (Fsp3) is 1.00. The van der Waals surface area contributed by atoms with Crippen LogP contribution >= 0.6 is 0 Å². The molecule has 1 unspecified atom stereocenters. The van der Waals surface area contributed by atoms with Crippen molar-refractivity contribution in [3.63, 3.8) is 0 Å². The molecule has 14 heavy (non-hydrogen) atoms. The Labute approximate surface area is 90.5 Å². The highest BCUT2D eigenvalue weighted by atomic mass is 29.7. The second-order valence-electron chi connectivity index (χ2n) is 6.53. The van der Waals surface area contributed by atoms with E-state index in [1.165, 1.54) is 6.04 Å². The van der Waals surface area contributed by atoms with E-state index in [4.69, 9.17) is 4.43 Å². The van der Waals surface area contributed by atoms with Crippen LogP contribution in [0.25, 0.3) is 0 Å². The Morgan fingerprint density at radius 2 is 1.50 bits per heavy atom. The van der Waals surface area contributed by atoms with E-state index in [9.17, 15) is 4.80 Å². The molecule has 1 aliphatic heterocycles. The Hall–Kier alpha value is 0.571. The van der Waals surface area contributed by atoms with Gasteiger partial charge in [0.1, 0.15) is 7.11 Å². The molecule has 2 nitrogen and oxygen atoms in total. The van der Waals surface area contributed by atoms with Crippen LogP contribution in [-0.2, 0) is 4.43 Å². The van der Waals surface area contributed by atoms with Crippen LogP contribution in [-0.4, -0.2) is 33.2 Å². The van der Waals surface area contributed by atoms with Crippen LogP contribution in [0.1, 0.15) is 13.8 Å². The van der Waals surface area contributed by atoms with Gasteiger partial charge in [-0.25, -0.2) is 0 Å². The Morgan fingerprint density at radius 3 is 1.86 bits per heavy atom. The van der Waals surface area contributed by atoms with Gasteiger partial charge >= 0.3 is 8.08 Å². The topological polar surface area (TPSA) is 29.5 Å². The van der Waals surface area contributed by atoms with Gasteiger partial charge < -0.3 is 9.22 Å². The quantitative estimate of drug-likeness (QED) is 0.667. The highest BCUT2D eigenvalue weighted by Gasteiger charge is 2.63. The molecular weight excluding hydrogens is 224 g/mol. The first-order valence-electron chi connectivity index (χ1n) is 5.34. The second kappa shape index (κ2) is 3.04. The summed E-state index contributed by atoms with van der Waals surface area (Å²) >= 11 is 0. The summed E-state index contributed by atoms with van der Waals surface area (Å²) in [5.74, 6) is 0. The molecule has 0 amide bonds. The molecule has 1 saturated heterocycles. The van der Waals surface area contributed by atoms with Crippen LogP contribution in [0.15, 0.2) is 0 Å². The molecule has 84 valence electrons. The average molecular weight is 249 g/mol. The van der Waals surface area contributed by atoms with Gasteiger partial charge in [0.05, 0.1) is 5.60 Å². The molecule has 0 aromatic rings. The molecule has 1 aliphatic rings. The van der Waals surface area contributed by atoms with Crippen molar-refractivity contribution < 1.29 is 9.22 Å². The van der Waals surface area contributed by atoms with Gasteiger partial charge in [0.25, 0.3) is 0 Å². The lowest BCUT2D eigenvalue weighted by molar-refractivity contribution is 0.0919. The van der Waals surface area contributed by atoms with Gasteiger partial charge in [-0.15, -0.1) is 0 Å². The zero-order chi connectivity index (χ0) is 11.4. The predicted molar refractivity (Wildman–Crippen MR) is 68.8 cm³/mol. The van der Waals surface area contributed by atoms with Crippen molar-refractivity contribution in [1.29, 1.82) is 0 Å². The molecule has 0 bridgehead atoms. The summed E-state index contributed by atoms with van der Waals surface area (Å²) in [4.78, 5) is 10.6. The molecule has 0 radical (unpaired) electrons.